The van der Waals surface area contributed by atoms with Crippen LogP contribution in [0, 0.1) is 0 Å². The van der Waals surface area contributed by atoms with E-state index in [4.69, 9.17) is 14.8 Å². The normalized spacial score (nSPS) is 16.9. The quantitative estimate of drug-likeness (QED) is 0.154. The molecule has 3 aliphatic heterocycles. The van der Waals surface area contributed by atoms with Gasteiger partial charge in [0.2, 0.25) is 11.8 Å². The number of aromatic nitrogens is 7. The first-order chi connectivity index (χ1) is 32.6. The number of hydrogen-bond acceptors (Lipinski definition) is 11. The fraction of sp³-hybridized carbons (Fsp3) is 0.320. The third-order valence-electron chi connectivity index (χ3n) is 13.4. The van der Waals surface area contributed by atoms with E-state index in [-0.39, 0.29) is 29.5 Å². The highest BCUT2D eigenvalue weighted by atomic mass is 16.5. The maximum absolute atomic E-state index is 13.9. The number of piperidine rings is 1. The van der Waals surface area contributed by atoms with Gasteiger partial charge in [0.15, 0.2) is 0 Å². The van der Waals surface area contributed by atoms with Gasteiger partial charge in [-0.2, -0.15) is 5.10 Å². The molecule has 3 aromatic carbocycles. The molecule has 4 amide bonds. The number of carbonyl (C=O) groups excluding carboxylic acids is 3. The summed E-state index contributed by atoms with van der Waals surface area (Å²) in [4.78, 5) is 69.1. The number of nitrogens with zero attached hydrogens (tertiary/aromatic N) is 11. The Morgan fingerprint density at radius 1 is 0.761 bits per heavy atom. The Balaban J connectivity index is 0.872. The number of fused-ring (bicyclic) bond motifs is 1. The maximum atomic E-state index is 13.9. The van der Waals surface area contributed by atoms with Crippen LogP contribution < -0.4 is 30.4 Å². The summed E-state index contributed by atoms with van der Waals surface area (Å²) >= 11 is 0. The van der Waals surface area contributed by atoms with E-state index in [9.17, 15) is 19.2 Å². The van der Waals surface area contributed by atoms with E-state index in [1.165, 1.54) is 21.9 Å². The number of imide groups is 1. The van der Waals surface area contributed by atoms with Crippen molar-refractivity contribution in [2.24, 2.45) is 14.1 Å². The molecule has 10 rings (SSSR count). The summed E-state index contributed by atoms with van der Waals surface area (Å²) in [6, 6.07) is 26.7. The van der Waals surface area contributed by atoms with Crippen molar-refractivity contribution in [3.05, 3.63) is 125 Å². The molecule has 0 spiro atoms. The molecule has 17 heteroatoms. The average molecular weight is 901 g/mol. The van der Waals surface area contributed by atoms with E-state index < -0.39 is 5.92 Å². The number of carbonyl (C=O) groups is 3. The largest absolute Gasteiger partial charge is 0.467 e. The number of amides is 4. The Morgan fingerprint density at radius 2 is 1.55 bits per heavy atom. The van der Waals surface area contributed by atoms with E-state index in [1.807, 2.05) is 48.1 Å². The van der Waals surface area contributed by atoms with Crippen molar-refractivity contribution >= 4 is 45.9 Å². The first-order valence-corrected chi connectivity index (χ1v) is 22.8. The van der Waals surface area contributed by atoms with Gasteiger partial charge in [0.1, 0.15) is 5.82 Å². The molecule has 0 radical (unpaired) electrons. The number of aryl methyl sites for hydroxylation is 2. The number of hydrogen-bond donors (Lipinski definition) is 1. The molecule has 1 unspecified atom stereocenters. The molecular weight excluding hydrogens is 849 g/mol. The van der Waals surface area contributed by atoms with Crippen LogP contribution in [0.2, 0.25) is 0 Å². The minimum Gasteiger partial charge on any atom is -0.467 e. The van der Waals surface area contributed by atoms with Crippen LogP contribution in [0.25, 0.3) is 38.8 Å². The van der Waals surface area contributed by atoms with Crippen LogP contribution in [-0.2, 0) is 36.5 Å². The zero-order valence-corrected chi connectivity index (χ0v) is 38.1. The molecule has 1 atom stereocenters. The maximum Gasteiger partial charge on any atom is 0.353 e. The van der Waals surface area contributed by atoms with Crippen molar-refractivity contribution in [1.29, 1.82) is 0 Å². The molecule has 67 heavy (non-hydrogen) atoms. The fourth-order valence-corrected chi connectivity index (χ4v) is 9.79. The molecule has 0 saturated carbocycles. The van der Waals surface area contributed by atoms with Gasteiger partial charge in [-0.05, 0) is 95.6 Å². The molecule has 0 bridgehead atoms. The van der Waals surface area contributed by atoms with Gasteiger partial charge in [0, 0.05) is 95.4 Å². The van der Waals surface area contributed by atoms with Crippen LogP contribution >= 0.6 is 0 Å². The van der Waals surface area contributed by atoms with Crippen LogP contribution in [0.4, 0.5) is 22.0 Å². The first-order valence-electron chi connectivity index (χ1n) is 22.8. The van der Waals surface area contributed by atoms with E-state index in [0.717, 1.165) is 94.9 Å². The number of ether oxygens (including phenoxy) is 1. The molecular formula is C50H52N12O5. The van der Waals surface area contributed by atoms with E-state index in [1.54, 1.807) is 35.4 Å². The van der Waals surface area contributed by atoms with Crippen molar-refractivity contribution in [2.45, 2.75) is 38.5 Å². The zero-order chi connectivity index (χ0) is 46.3. The molecule has 7 aromatic rings. The minimum absolute atomic E-state index is 0.144. The molecule has 3 fully saturated rings. The van der Waals surface area contributed by atoms with Gasteiger partial charge in [-0.15, -0.1) is 5.10 Å². The second-order valence-corrected chi connectivity index (χ2v) is 17.3. The fourth-order valence-electron chi connectivity index (χ4n) is 9.79. The third-order valence-corrected chi connectivity index (χ3v) is 13.4. The zero-order valence-electron chi connectivity index (χ0n) is 38.1. The molecule has 7 heterocycles. The van der Waals surface area contributed by atoms with Gasteiger partial charge in [0.25, 0.3) is 0 Å². The highest BCUT2D eigenvalue weighted by Crippen LogP contribution is 2.40. The SMILES string of the molecule is CCc1c(-c2ccc(-n3c(OC)nn(C)c3=O)cc2-c2ccc(CCN3CCN(c4ccc5c(C6CCC(=O)NC6=O)nn(C)c5c4)CC3)cc2)ccnc1N1CCN(c2cccnc2)C1=O. The Bertz CT molecular complexity index is 3080. The van der Waals surface area contributed by atoms with Crippen LogP contribution in [0.5, 0.6) is 6.01 Å². The highest BCUT2D eigenvalue weighted by molar-refractivity contribution is 6.06. The molecule has 3 aliphatic rings. The topological polar surface area (TPSA) is 169 Å². The van der Waals surface area contributed by atoms with Crippen LogP contribution in [0.1, 0.15) is 42.5 Å². The highest BCUT2D eigenvalue weighted by Gasteiger charge is 2.34. The molecule has 342 valence electrons. The Morgan fingerprint density at radius 3 is 2.30 bits per heavy atom. The number of benzene rings is 3. The van der Waals surface area contributed by atoms with E-state index in [0.29, 0.717) is 43.9 Å². The smallest absolute Gasteiger partial charge is 0.353 e. The lowest BCUT2D eigenvalue weighted by Gasteiger charge is -2.36. The number of pyridine rings is 2. The Kier molecular flexibility index (Phi) is 11.6. The summed E-state index contributed by atoms with van der Waals surface area (Å²) in [6.45, 7) is 7.63. The third kappa shape index (κ3) is 8.09. The van der Waals surface area contributed by atoms with E-state index >= 15 is 0 Å². The molecule has 3 saturated heterocycles. The Hall–Kier alpha value is -7.66. The number of methoxy groups -OCH3 is 1. The Labute approximate surface area is 387 Å². The number of rotatable bonds is 12. The summed E-state index contributed by atoms with van der Waals surface area (Å²) in [7, 11) is 5.00. The summed E-state index contributed by atoms with van der Waals surface area (Å²) in [5.41, 5.74) is 9.79. The summed E-state index contributed by atoms with van der Waals surface area (Å²) in [6.07, 6.45) is 7.46. The van der Waals surface area contributed by atoms with Gasteiger partial charge in [0.05, 0.1) is 41.8 Å². The average Bonchev–Trinajstić information content (AvgIpc) is 4.00. The minimum atomic E-state index is -0.430. The molecule has 1 N–H and O–H groups in total. The van der Waals surface area contributed by atoms with Crippen LogP contribution in [-0.4, -0.2) is 110 Å². The van der Waals surface area contributed by atoms with Gasteiger partial charge >= 0.3 is 17.7 Å². The van der Waals surface area contributed by atoms with Gasteiger partial charge in [-0.25, -0.2) is 23.8 Å². The van der Waals surface area contributed by atoms with Gasteiger partial charge < -0.3 is 9.64 Å². The number of urea groups is 1. The van der Waals surface area contributed by atoms with Crippen LogP contribution in [0.15, 0.2) is 102 Å². The second kappa shape index (κ2) is 18.0. The lowest BCUT2D eigenvalue weighted by atomic mass is 9.90. The number of piperazine rings is 1. The summed E-state index contributed by atoms with van der Waals surface area (Å²) < 4.78 is 10.1. The second-order valence-electron chi connectivity index (χ2n) is 17.3. The standard InChI is InChI=1S/C50H52N12O5/c1-5-37-39(18-21-52-46(37)61-28-27-60(50(61)66)36-7-6-20-51-31-36)38-14-13-35(62-48(67-4)55-57(3)49(62)65)29-42(38)33-10-8-32(9-11-33)19-22-58-23-25-59(26-24-58)34-12-15-40-43(30-34)56(2)54-45(40)41-16-17-44(63)53-47(41)64/h6-15,18,20-21,29-31,41H,5,16-17,19,22-28H2,1-4H3,(H,53,63,64). The predicted molar refractivity (Wildman–Crippen MR) is 256 cm³/mol. The molecule has 4 aromatic heterocycles. The van der Waals surface area contributed by atoms with Gasteiger partial charge in [-0.3, -0.25) is 39.3 Å². The monoisotopic (exact) mass is 900 g/mol. The summed E-state index contributed by atoms with van der Waals surface area (Å²) in [5, 5.41) is 12.4. The molecule has 0 aliphatic carbocycles. The summed E-state index contributed by atoms with van der Waals surface area (Å²) in [5.74, 6) is -0.307. The van der Waals surface area contributed by atoms with Crippen molar-refractivity contribution in [3.8, 4) is 34.0 Å². The van der Waals surface area contributed by atoms with Crippen LogP contribution in [0.3, 0.4) is 0 Å². The van der Waals surface area contributed by atoms with Crippen molar-refractivity contribution in [1.82, 2.24) is 44.3 Å². The first kappa shape index (κ1) is 43.2. The lowest BCUT2D eigenvalue weighted by Crippen LogP contribution is -2.47. The van der Waals surface area contributed by atoms with Crippen molar-refractivity contribution < 1.29 is 19.1 Å². The molecule has 17 nitrogen and oxygen atoms in total. The number of anilines is 3. The predicted octanol–water partition coefficient (Wildman–Crippen LogP) is 5.48. The van der Waals surface area contributed by atoms with Gasteiger partial charge in [-0.1, -0.05) is 37.3 Å². The van der Waals surface area contributed by atoms with E-state index in [2.05, 4.69) is 74.6 Å². The van der Waals surface area contributed by atoms with Crippen molar-refractivity contribution in [3.63, 3.8) is 0 Å². The lowest BCUT2D eigenvalue weighted by molar-refractivity contribution is -0.134. The number of nitrogens with one attached hydrogen (secondary N) is 1. The van der Waals surface area contributed by atoms with Crippen molar-refractivity contribution in [2.75, 3.05) is 67.6 Å².